The monoisotopic (exact) mass is 365 g/mol. The Labute approximate surface area is 143 Å². The van der Waals surface area contributed by atoms with Gasteiger partial charge in [0.1, 0.15) is 17.1 Å². The first-order chi connectivity index (χ1) is 11.1. The number of nitrogens with two attached hydrogens (primary N) is 1. The number of benzene rings is 1. The molecule has 1 amide bonds. The molecule has 4 rings (SSSR count). The van der Waals surface area contributed by atoms with E-state index in [1.807, 2.05) is 24.3 Å². The van der Waals surface area contributed by atoms with Gasteiger partial charge in [0.15, 0.2) is 4.34 Å². The molecule has 2 aromatic rings. The number of thioether (sulfide) groups is 2. The number of aliphatic carboxylic acids is 1. The second-order valence-electron chi connectivity index (χ2n) is 5.06. The van der Waals surface area contributed by atoms with E-state index in [-0.39, 0.29) is 17.0 Å². The Kier molecular flexibility index (Phi) is 3.60. The zero-order valence-electron chi connectivity index (χ0n) is 11.6. The van der Waals surface area contributed by atoms with Crippen molar-refractivity contribution in [2.45, 2.75) is 15.8 Å². The highest BCUT2D eigenvalue weighted by molar-refractivity contribution is 8.07. The quantitative estimate of drug-likeness (QED) is 0.802. The van der Waals surface area contributed by atoms with Crippen molar-refractivity contribution in [2.24, 2.45) is 5.73 Å². The SMILES string of the molecule is N[C@@H]1C(=O)N2C(C(=O)O)=C(Sc3nc4ccccc4s3)CS[C@H]12. The number of fused-ring (bicyclic) bond motifs is 2. The first kappa shape index (κ1) is 15.0. The smallest absolute Gasteiger partial charge is 0.353 e. The predicted molar refractivity (Wildman–Crippen MR) is 91.2 cm³/mol. The second-order valence-corrected chi connectivity index (χ2v) is 8.54. The van der Waals surface area contributed by atoms with Crippen LogP contribution in [0.15, 0.2) is 39.2 Å². The molecule has 1 aromatic heterocycles. The van der Waals surface area contributed by atoms with Gasteiger partial charge in [0.05, 0.1) is 10.2 Å². The molecule has 3 N–H and O–H groups in total. The molecular formula is C14H11N3O3S3. The summed E-state index contributed by atoms with van der Waals surface area (Å²) in [7, 11) is 0. The van der Waals surface area contributed by atoms with Crippen molar-refractivity contribution < 1.29 is 14.7 Å². The molecule has 6 nitrogen and oxygen atoms in total. The Morgan fingerprint density at radius 1 is 1.43 bits per heavy atom. The van der Waals surface area contributed by atoms with Crippen LogP contribution in [0.25, 0.3) is 10.2 Å². The van der Waals surface area contributed by atoms with Crippen LogP contribution in [0.2, 0.25) is 0 Å². The lowest BCUT2D eigenvalue weighted by Crippen LogP contribution is -2.68. The molecule has 2 aliphatic heterocycles. The number of hydrogen-bond acceptors (Lipinski definition) is 7. The second kappa shape index (κ2) is 5.52. The molecule has 0 saturated carbocycles. The first-order valence-corrected chi connectivity index (χ1v) is 9.44. The normalized spacial score (nSPS) is 23.9. The topological polar surface area (TPSA) is 96.5 Å². The van der Waals surface area contributed by atoms with E-state index in [1.54, 1.807) is 0 Å². The lowest BCUT2D eigenvalue weighted by Gasteiger charge is -2.47. The van der Waals surface area contributed by atoms with Gasteiger partial charge in [-0.25, -0.2) is 9.78 Å². The van der Waals surface area contributed by atoms with Crippen molar-refractivity contribution in [3.05, 3.63) is 34.9 Å². The van der Waals surface area contributed by atoms with E-state index >= 15 is 0 Å². The maximum atomic E-state index is 11.9. The third-order valence-electron chi connectivity index (χ3n) is 3.66. The van der Waals surface area contributed by atoms with Crippen molar-refractivity contribution >= 4 is 57.0 Å². The van der Waals surface area contributed by atoms with Crippen LogP contribution in [0.5, 0.6) is 0 Å². The molecule has 1 aromatic carbocycles. The number of β-lactam (4-membered cyclic amide) rings is 1. The minimum Gasteiger partial charge on any atom is -0.477 e. The molecule has 0 spiro atoms. The minimum atomic E-state index is -1.10. The summed E-state index contributed by atoms with van der Waals surface area (Å²) in [4.78, 5) is 30.0. The number of rotatable bonds is 3. The molecular weight excluding hydrogens is 354 g/mol. The van der Waals surface area contributed by atoms with Crippen LogP contribution in [0, 0.1) is 0 Å². The number of amides is 1. The van der Waals surface area contributed by atoms with Gasteiger partial charge in [0, 0.05) is 10.7 Å². The summed E-state index contributed by atoms with van der Waals surface area (Å²) in [6.07, 6.45) is 0. The summed E-state index contributed by atoms with van der Waals surface area (Å²) in [5, 5.41) is 9.25. The summed E-state index contributed by atoms with van der Waals surface area (Å²) in [5.41, 5.74) is 6.68. The molecule has 1 saturated heterocycles. The van der Waals surface area contributed by atoms with Crippen LogP contribution in [0.4, 0.5) is 0 Å². The fourth-order valence-electron chi connectivity index (χ4n) is 2.57. The Morgan fingerprint density at radius 3 is 2.96 bits per heavy atom. The molecule has 0 unspecified atom stereocenters. The Balaban J connectivity index is 1.71. The van der Waals surface area contributed by atoms with E-state index in [1.165, 1.54) is 39.8 Å². The average molecular weight is 365 g/mol. The van der Waals surface area contributed by atoms with Gasteiger partial charge in [-0.1, -0.05) is 23.9 Å². The van der Waals surface area contributed by atoms with E-state index in [2.05, 4.69) is 4.98 Å². The summed E-state index contributed by atoms with van der Waals surface area (Å²) in [6, 6.07) is 7.15. The minimum absolute atomic E-state index is 0.0460. The van der Waals surface area contributed by atoms with Gasteiger partial charge in [0.25, 0.3) is 0 Å². The van der Waals surface area contributed by atoms with Gasteiger partial charge in [-0.05, 0) is 12.1 Å². The van der Waals surface area contributed by atoms with Crippen molar-refractivity contribution in [3.63, 3.8) is 0 Å². The van der Waals surface area contributed by atoms with Crippen LogP contribution in [-0.2, 0) is 9.59 Å². The van der Waals surface area contributed by atoms with Crippen molar-refractivity contribution in [1.29, 1.82) is 0 Å². The summed E-state index contributed by atoms with van der Waals surface area (Å²) < 4.78 is 1.83. The fraction of sp³-hybridized carbons (Fsp3) is 0.214. The number of carbonyl (C=O) groups excluding carboxylic acids is 1. The van der Waals surface area contributed by atoms with Gasteiger partial charge >= 0.3 is 5.97 Å². The standard InChI is InChI=1S/C14H11N3O3S3/c15-9-11(18)17-10(13(19)20)8(5-21-12(9)17)23-14-16-6-3-1-2-4-7(6)22-14/h1-4,9,12H,5,15H2,(H,19,20)/t9-,12-/m1/s1. The zero-order valence-corrected chi connectivity index (χ0v) is 14.1. The molecule has 9 heteroatoms. The van der Waals surface area contributed by atoms with Crippen molar-refractivity contribution in [3.8, 4) is 0 Å². The Hall–Kier alpha value is -1.55. The molecule has 2 aliphatic rings. The van der Waals surface area contributed by atoms with Gasteiger partial charge in [-0.15, -0.1) is 23.1 Å². The van der Waals surface area contributed by atoms with Crippen molar-refractivity contribution in [2.75, 3.05) is 5.75 Å². The summed E-state index contributed by atoms with van der Waals surface area (Å²) in [5.74, 6) is -0.911. The van der Waals surface area contributed by atoms with Crippen molar-refractivity contribution in [1.82, 2.24) is 9.88 Å². The largest absolute Gasteiger partial charge is 0.477 e. The molecule has 0 radical (unpaired) electrons. The molecule has 0 aliphatic carbocycles. The highest BCUT2D eigenvalue weighted by Crippen LogP contribution is 2.45. The first-order valence-electron chi connectivity index (χ1n) is 6.76. The number of nitrogens with zero attached hydrogens (tertiary/aromatic N) is 2. The molecule has 23 heavy (non-hydrogen) atoms. The molecule has 118 valence electrons. The third-order valence-corrected chi connectivity index (χ3v) is 7.33. The van der Waals surface area contributed by atoms with Gasteiger partial charge < -0.3 is 10.8 Å². The van der Waals surface area contributed by atoms with Crippen LogP contribution in [0.1, 0.15) is 0 Å². The Bertz CT molecular complexity index is 830. The predicted octanol–water partition coefficient (Wildman–Crippen LogP) is 1.93. The van der Waals surface area contributed by atoms with E-state index < -0.39 is 12.0 Å². The molecule has 3 heterocycles. The van der Waals surface area contributed by atoms with Crippen LogP contribution >= 0.6 is 34.9 Å². The third kappa shape index (κ3) is 2.35. The number of para-hydroxylation sites is 1. The lowest BCUT2D eigenvalue weighted by molar-refractivity contribution is -0.147. The maximum absolute atomic E-state index is 11.9. The Morgan fingerprint density at radius 2 is 2.22 bits per heavy atom. The maximum Gasteiger partial charge on any atom is 0.353 e. The number of carboxylic acids is 1. The van der Waals surface area contributed by atoms with Crippen LogP contribution < -0.4 is 5.73 Å². The van der Waals surface area contributed by atoms with Gasteiger partial charge in [-0.3, -0.25) is 9.69 Å². The van der Waals surface area contributed by atoms with Crippen LogP contribution in [-0.4, -0.2) is 44.0 Å². The van der Waals surface area contributed by atoms with Gasteiger partial charge in [0.2, 0.25) is 5.91 Å². The number of thiazole rings is 1. The fourth-order valence-corrected chi connectivity index (χ4v) is 6.22. The van der Waals surface area contributed by atoms with E-state index in [4.69, 9.17) is 5.73 Å². The lowest BCUT2D eigenvalue weighted by atomic mass is 10.1. The zero-order chi connectivity index (χ0) is 16.1. The number of carboxylic acid groups (broad SMARTS) is 1. The highest BCUT2D eigenvalue weighted by atomic mass is 32.2. The summed E-state index contributed by atoms with van der Waals surface area (Å²) in [6.45, 7) is 0. The van der Waals surface area contributed by atoms with E-state index in [0.717, 1.165) is 14.6 Å². The number of hydrogen-bond donors (Lipinski definition) is 2. The average Bonchev–Trinajstić information content (AvgIpc) is 2.95. The van der Waals surface area contributed by atoms with E-state index in [0.29, 0.717) is 10.7 Å². The molecule has 1 fully saturated rings. The van der Waals surface area contributed by atoms with Gasteiger partial charge in [-0.2, -0.15) is 0 Å². The van der Waals surface area contributed by atoms with Crippen LogP contribution in [0.3, 0.4) is 0 Å². The number of aromatic nitrogens is 1. The molecule has 0 bridgehead atoms. The number of carbonyl (C=O) groups is 2. The van der Waals surface area contributed by atoms with E-state index in [9.17, 15) is 14.7 Å². The molecule has 2 atom stereocenters. The highest BCUT2D eigenvalue weighted by Gasteiger charge is 2.52. The summed E-state index contributed by atoms with van der Waals surface area (Å²) >= 11 is 4.33.